The van der Waals surface area contributed by atoms with Gasteiger partial charge in [0.1, 0.15) is 35.3 Å². The van der Waals surface area contributed by atoms with E-state index in [0.29, 0.717) is 42.5 Å². The number of nitrogens with one attached hydrogen (secondary N) is 1. The average molecular weight is 418 g/mol. The second kappa shape index (κ2) is 8.54. The zero-order valence-corrected chi connectivity index (χ0v) is 16.6. The van der Waals surface area contributed by atoms with E-state index in [1.54, 1.807) is 7.11 Å². The van der Waals surface area contributed by atoms with Gasteiger partial charge in [0.15, 0.2) is 5.69 Å². The van der Waals surface area contributed by atoms with Gasteiger partial charge in [0.25, 0.3) is 0 Å². The number of aromatic nitrogens is 3. The first-order valence-corrected chi connectivity index (χ1v) is 9.37. The summed E-state index contributed by atoms with van der Waals surface area (Å²) in [6, 6.07) is 7.62. The number of carbonyl (C=O) groups is 1. The molecule has 0 unspecified atom stereocenters. The minimum Gasteiger partial charge on any atom is -0.497 e. The van der Waals surface area contributed by atoms with Crippen molar-refractivity contribution in [2.45, 2.75) is 6.42 Å². The minimum absolute atomic E-state index is 0.218. The number of ether oxygens (including phenoxy) is 1. The van der Waals surface area contributed by atoms with Crippen LogP contribution in [0, 0.1) is 11.3 Å². The molecule has 1 aliphatic heterocycles. The molecule has 156 valence electrons. The Morgan fingerprint density at radius 3 is 2.77 bits per heavy atom. The lowest BCUT2D eigenvalue weighted by Crippen LogP contribution is -2.33. The van der Waals surface area contributed by atoms with Crippen molar-refractivity contribution in [3.05, 3.63) is 54.2 Å². The highest BCUT2D eigenvalue weighted by molar-refractivity contribution is 5.81. The van der Waals surface area contributed by atoms with E-state index < -0.39 is 6.09 Å². The molecule has 0 aliphatic carbocycles. The average Bonchev–Trinajstić information content (AvgIpc) is 3.27. The van der Waals surface area contributed by atoms with Crippen molar-refractivity contribution in [3.8, 4) is 23.1 Å². The van der Waals surface area contributed by atoms with Crippen LogP contribution in [0.4, 0.5) is 16.3 Å². The topological polar surface area (TPSA) is 137 Å². The molecule has 3 heterocycles. The van der Waals surface area contributed by atoms with Crippen molar-refractivity contribution in [1.29, 1.82) is 5.26 Å². The lowest BCUT2D eigenvalue weighted by molar-refractivity contribution is 0.150. The molecule has 0 saturated carbocycles. The number of amides is 1. The van der Waals surface area contributed by atoms with Crippen molar-refractivity contribution in [3.63, 3.8) is 0 Å². The second-order valence-electron chi connectivity index (χ2n) is 6.76. The largest absolute Gasteiger partial charge is 0.497 e. The summed E-state index contributed by atoms with van der Waals surface area (Å²) in [5.41, 5.74) is 4.06. The van der Waals surface area contributed by atoms with E-state index in [0.717, 1.165) is 16.7 Å². The fraction of sp³-hybridized carbons (Fsp3) is 0.190. The summed E-state index contributed by atoms with van der Waals surface area (Å²) < 4.78 is 10.6. The van der Waals surface area contributed by atoms with Crippen LogP contribution in [0.15, 0.2) is 47.5 Å². The summed E-state index contributed by atoms with van der Waals surface area (Å²) in [6.45, 7) is 0.771. The number of nitriles is 1. The normalized spacial score (nSPS) is 13.3. The van der Waals surface area contributed by atoms with Gasteiger partial charge in [0, 0.05) is 18.7 Å². The fourth-order valence-corrected chi connectivity index (χ4v) is 3.27. The number of methoxy groups -OCH3 is 1. The summed E-state index contributed by atoms with van der Waals surface area (Å²) in [5.74, 6) is 1.08. The molecule has 10 heteroatoms. The molecule has 1 aliphatic rings. The van der Waals surface area contributed by atoms with Crippen molar-refractivity contribution in [1.82, 2.24) is 20.0 Å². The van der Waals surface area contributed by atoms with Gasteiger partial charge in [-0.3, -0.25) is 0 Å². The van der Waals surface area contributed by atoms with E-state index in [1.165, 1.54) is 23.6 Å². The molecule has 1 amide bonds. The van der Waals surface area contributed by atoms with Gasteiger partial charge >= 0.3 is 6.09 Å². The molecule has 0 atom stereocenters. The van der Waals surface area contributed by atoms with E-state index in [9.17, 15) is 4.79 Å². The standard InChI is InChI=1S/C21H18N6O4/c1-30-17-7-14(13-2-4-27(5-3-13)21(28)29)6-15(8-17)20-18(12-31-26-20)25-19-11-23-16(9-22)10-24-19/h2,6-8,10-12H,3-5H2,1H3,(H,24,25)(H,28,29). The quantitative estimate of drug-likeness (QED) is 0.637. The minimum atomic E-state index is -0.925. The van der Waals surface area contributed by atoms with Crippen LogP contribution in [0.3, 0.4) is 0 Å². The lowest BCUT2D eigenvalue weighted by atomic mass is 9.96. The molecular formula is C21H18N6O4. The van der Waals surface area contributed by atoms with Crippen molar-refractivity contribution in [2.75, 3.05) is 25.5 Å². The highest BCUT2D eigenvalue weighted by Gasteiger charge is 2.19. The van der Waals surface area contributed by atoms with Crippen LogP contribution >= 0.6 is 0 Å². The Kier molecular flexibility index (Phi) is 5.49. The molecule has 3 aromatic rings. The van der Waals surface area contributed by atoms with Crippen LogP contribution in [-0.4, -0.2) is 51.4 Å². The first kappa shape index (κ1) is 19.9. The Morgan fingerprint density at radius 2 is 2.13 bits per heavy atom. The number of rotatable bonds is 5. The molecule has 2 N–H and O–H groups in total. The zero-order chi connectivity index (χ0) is 21.8. The van der Waals surface area contributed by atoms with Gasteiger partial charge < -0.3 is 24.6 Å². The van der Waals surface area contributed by atoms with Crippen LogP contribution in [-0.2, 0) is 0 Å². The fourth-order valence-electron chi connectivity index (χ4n) is 3.27. The Bertz CT molecular complexity index is 1180. The van der Waals surface area contributed by atoms with Crippen molar-refractivity contribution >= 4 is 23.2 Å². The maximum Gasteiger partial charge on any atom is 0.407 e. The molecule has 0 saturated heterocycles. The predicted octanol–water partition coefficient (Wildman–Crippen LogP) is 3.52. The van der Waals surface area contributed by atoms with Gasteiger partial charge in [-0.15, -0.1) is 0 Å². The summed E-state index contributed by atoms with van der Waals surface area (Å²) in [5, 5.41) is 25.2. The zero-order valence-electron chi connectivity index (χ0n) is 16.6. The van der Waals surface area contributed by atoms with Crippen LogP contribution < -0.4 is 10.1 Å². The van der Waals surface area contributed by atoms with E-state index in [2.05, 4.69) is 20.4 Å². The molecule has 4 rings (SSSR count). The first-order chi connectivity index (χ1) is 15.1. The van der Waals surface area contributed by atoms with Crippen molar-refractivity contribution in [2.24, 2.45) is 0 Å². The molecule has 31 heavy (non-hydrogen) atoms. The first-order valence-electron chi connectivity index (χ1n) is 9.37. The van der Waals surface area contributed by atoms with Gasteiger partial charge in [-0.25, -0.2) is 14.8 Å². The van der Waals surface area contributed by atoms with Gasteiger partial charge in [-0.1, -0.05) is 11.2 Å². The maximum atomic E-state index is 11.2. The molecule has 0 bridgehead atoms. The van der Waals surface area contributed by atoms with Gasteiger partial charge in [0.2, 0.25) is 0 Å². The Balaban J connectivity index is 1.65. The van der Waals surface area contributed by atoms with Crippen LogP contribution in [0.25, 0.3) is 16.8 Å². The number of carboxylic acid groups (broad SMARTS) is 1. The maximum absolute atomic E-state index is 11.2. The summed E-state index contributed by atoms with van der Waals surface area (Å²) in [7, 11) is 1.58. The number of anilines is 2. The Hall–Kier alpha value is -4.39. The highest BCUT2D eigenvalue weighted by Crippen LogP contribution is 2.35. The van der Waals surface area contributed by atoms with E-state index >= 15 is 0 Å². The number of hydrogen-bond donors (Lipinski definition) is 2. The smallest absolute Gasteiger partial charge is 0.407 e. The lowest BCUT2D eigenvalue weighted by Gasteiger charge is -2.24. The molecule has 0 radical (unpaired) electrons. The van der Waals surface area contributed by atoms with Crippen LogP contribution in [0.2, 0.25) is 0 Å². The van der Waals surface area contributed by atoms with E-state index in [-0.39, 0.29) is 5.69 Å². The van der Waals surface area contributed by atoms with Crippen LogP contribution in [0.5, 0.6) is 5.75 Å². The molecule has 10 nitrogen and oxygen atoms in total. The second-order valence-corrected chi connectivity index (χ2v) is 6.76. The third-order valence-corrected chi connectivity index (χ3v) is 4.86. The van der Waals surface area contributed by atoms with Crippen molar-refractivity contribution < 1.29 is 19.2 Å². The van der Waals surface area contributed by atoms with Gasteiger partial charge in [-0.2, -0.15) is 5.26 Å². The van der Waals surface area contributed by atoms with Gasteiger partial charge in [0.05, 0.1) is 19.5 Å². The number of benzene rings is 1. The molecular weight excluding hydrogens is 400 g/mol. The highest BCUT2D eigenvalue weighted by atomic mass is 16.5. The molecule has 0 fully saturated rings. The monoisotopic (exact) mass is 418 g/mol. The van der Waals surface area contributed by atoms with Crippen LogP contribution in [0.1, 0.15) is 17.7 Å². The Morgan fingerprint density at radius 1 is 1.29 bits per heavy atom. The third kappa shape index (κ3) is 4.30. The number of hydrogen-bond acceptors (Lipinski definition) is 8. The van der Waals surface area contributed by atoms with E-state index in [4.69, 9.17) is 19.6 Å². The summed E-state index contributed by atoms with van der Waals surface area (Å²) in [4.78, 5) is 20.7. The van der Waals surface area contributed by atoms with E-state index in [1.807, 2.05) is 30.3 Å². The predicted molar refractivity (Wildman–Crippen MR) is 111 cm³/mol. The Labute approximate surface area is 177 Å². The molecule has 0 spiro atoms. The third-order valence-electron chi connectivity index (χ3n) is 4.86. The summed E-state index contributed by atoms with van der Waals surface area (Å²) in [6.07, 6.45) is 5.86. The number of nitrogens with zero attached hydrogens (tertiary/aromatic N) is 5. The molecule has 1 aromatic carbocycles. The molecule has 2 aromatic heterocycles. The SMILES string of the molecule is COc1cc(C2=CCN(C(=O)O)CC2)cc(-c2nocc2Nc2cnc(C#N)cn2)c1. The van der Waals surface area contributed by atoms with Gasteiger partial charge in [-0.05, 0) is 35.8 Å². The summed E-state index contributed by atoms with van der Waals surface area (Å²) >= 11 is 0.